The lowest BCUT2D eigenvalue weighted by molar-refractivity contribution is -0.118. The van der Waals surface area contributed by atoms with E-state index < -0.39 is 48.6 Å². The zero-order valence-corrected chi connectivity index (χ0v) is 74.0. The van der Waals surface area contributed by atoms with Crippen molar-refractivity contribution in [2.24, 2.45) is 23.7 Å². The summed E-state index contributed by atoms with van der Waals surface area (Å²) in [6.45, 7) is 0. The van der Waals surface area contributed by atoms with E-state index in [1.54, 1.807) is 129 Å². The van der Waals surface area contributed by atoms with Crippen LogP contribution in [0.25, 0.3) is 22.3 Å². The van der Waals surface area contributed by atoms with Gasteiger partial charge in [0.05, 0.1) is 48.6 Å². The van der Waals surface area contributed by atoms with Crippen molar-refractivity contribution in [2.75, 3.05) is 19.6 Å². The maximum absolute atomic E-state index is 13.3. The molecule has 0 aromatic heterocycles. The zero-order chi connectivity index (χ0) is 95.8. The summed E-state index contributed by atoms with van der Waals surface area (Å²) in [4.78, 5) is 59.4. The number of aliphatic hydroxyl groups is 4. The Labute approximate surface area is 784 Å². The van der Waals surface area contributed by atoms with Crippen LogP contribution in [0.3, 0.4) is 0 Å². The molecule has 12 atom stereocenters. The second-order valence-corrected chi connectivity index (χ2v) is 34.7. The molecule has 24 heteroatoms. The quantitative estimate of drug-likeness (QED) is 0.0224. The molecule has 0 spiro atoms. The molecule has 14 aromatic rings. The van der Waals surface area contributed by atoms with E-state index in [1.807, 2.05) is 158 Å². The highest BCUT2D eigenvalue weighted by molar-refractivity contribution is 6.00. The van der Waals surface area contributed by atoms with Crippen molar-refractivity contribution in [3.63, 3.8) is 0 Å². The van der Waals surface area contributed by atoms with Crippen LogP contribution in [0.5, 0.6) is 46.0 Å². The molecule has 4 aliphatic rings. The van der Waals surface area contributed by atoms with Crippen LogP contribution in [-0.4, -0.2) is 84.9 Å². The summed E-state index contributed by atoms with van der Waals surface area (Å²) in [6.07, 6.45) is 1.66. The number of rotatable bonds is 26. The number of para-hydroxylation sites is 4. The Balaban J connectivity index is 0.000000138. The largest absolute Gasteiger partial charge is 0.508 e. The maximum atomic E-state index is 13.3. The Bertz CT molecular complexity index is 6050. The van der Waals surface area contributed by atoms with Crippen LogP contribution in [0.1, 0.15) is 170 Å². The topological polar surface area (TPSA) is 324 Å². The number of phenolic OH excluding ortho intramolecular Hbond substituents is 8. The van der Waals surface area contributed by atoms with Gasteiger partial charge in [0.2, 0.25) is 23.6 Å². The van der Waals surface area contributed by atoms with Gasteiger partial charge in [-0.05, 0) is 277 Å². The number of hydrogen-bond acceptors (Lipinski definition) is 16. The van der Waals surface area contributed by atoms with Crippen molar-refractivity contribution < 1.29 is 98.0 Å². The standard InChI is InChI=1S/2C31H28FNO4.2C25H24FNO4/c2*32-24-13-9-20(10-14-24)28(35)16-12-23-19-30(37)33(25-6-2-1-3-7-25)31(23)27-15-11-22(18-29(27)36)21-5-4-8-26(34)17-21;2*26-18-9-6-16(7-10-18)22(29)13-8-17-14-24(31)27(19-4-2-1-3-5-19)25(17)21-12-11-20(28)15-23(21)30/h2*1-11,13-15,17-18,23,28,31,34-36H,12,16,19H2;2*1-7,9-12,15,17,22,25,28-30H,8,13-14H2/t23-,28?,31+;;17-,22+,25+;/m1.1./s1. The Morgan fingerprint density at radius 2 is 0.449 bits per heavy atom. The second-order valence-electron chi connectivity index (χ2n) is 34.7. The van der Waals surface area contributed by atoms with Gasteiger partial charge in [0.1, 0.15) is 69.3 Å². The summed E-state index contributed by atoms with van der Waals surface area (Å²) in [5, 5.41) is 125. The van der Waals surface area contributed by atoms with E-state index in [0.717, 1.165) is 45.0 Å². The predicted molar refractivity (Wildman–Crippen MR) is 511 cm³/mol. The van der Waals surface area contributed by atoms with E-state index in [1.165, 1.54) is 72.8 Å². The highest BCUT2D eigenvalue weighted by Gasteiger charge is 2.47. The number of amides is 4. The summed E-state index contributed by atoms with van der Waals surface area (Å²) in [7, 11) is 0. The van der Waals surface area contributed by atoms with Gasteiger partial charge in [-0.15, -0.1) is 0 Å². The number of aliphatic hydroxyl groups excluding tert-OH is 4. The molecule has 4 saturated heterocycles. The van der Waals surface area contributed by atoms with Gasteiger partial charge in [-0.2, -0.15) is 0 Å². The summed E-state index contributed by atoms with van der Waals surface area (Å²) in [5.74, 6) is -2.16. The van der Waals surface area contributed by atoms with Crippen LogP contribution in [-0.2, 0) is 19.2 Å². The summed E-state index contributed by atoms with van der Waals surface area (Å²) < 4.78 is 52.9. The van der Waals surface area contributed by atoms with Crippen LogP contribution in [0.15, 0.2) is 340 Å². The summed E-state index contributed by atoms with van der Waals surface area (Å²) in [5.41, 5.74) is 10.8. The first-order valence-electron chi connectivity index (χ1n) is 45.2. The number of carbonyl (C=O) groups excluding carboxylic acids is 4. The number of hydrogen-bond donors (Lipinski definition) is 12. The molecular weight excluding hydrogens is 1730 g/mol. The molecule has 0 saturated carbocycles. The molecule has 696 valence electrons. The molecule has 0 aliphatic carbocycles. The molecule has 18 rings (SSSR count). The lowest BCUT2D eigenvalue weighted by Gasteiger charge is -2.30. The van der Waals surface area contributed by atoms with Gasteiger partial charge in [0, 0.05) is 82.8 Å². The summed E-state index contributed by atoms with van der Waals surface area (Å²) in [6, 6.07) is 91.7. The maximum Gasteiger partial charge on any atom is 0.227 e. The van der Waals surface area contributed by atoms with Gasteiger partial charge in [0.15, 0.2) is 0 Å². The van der Waals surface area contributed by atoms with Gasteiger partial charge >= 0.3 is 0 Å². The number of anilines is 4. The van der Waals surface area contributed by atoms with Gasteiger partial charge in [-0.1, -0.05) is 170 Å². The Hall–Kier alpha value is -15.1. The first kappa shape index (κ1) is 95.5. The van der Waals surface area contributed by atoms with Crippen molar-refractivity contribution in [1.82, 2.24) is 0 Å². The molecule has 4 heterocycles. The second kappa shape index (κ2) is 43.7. The van der Waals surface area contributed by atoms with Crippen molar-refractivity contribution in [3.8, 4) is 68.2 Å². The van der Waals surface area contributed by atoms with Crippen molar-refractivity contribution >= 4 is 46.4 Å². The lowest BCUT2D eigenvalue weighted by Crippen LogP contribution is -2.29. The molecule has 4 amide bonds. The van der Waals surface area contributed by atoms with E-state index in [-0.39, 0.29) is 142 Å². The van der Waals surface area contributed by atoms with Crippen molar-refractivity contribution in [2.45, 2.75) is 126 Å². The van der Waals surface area contributed by atoms with Crippen LogP contribution in [0.2, 0.25) is 0 Å². The van der Waals surface area contributed by atoms with Gasteiger partial charge in [-0.3, -0.25) is 19.2 Å². The third kappa shape index (κ3) is 22.9. The van der Waals surface area contributed by atoms with Crippen molar-refractivity contribution in [1.29, 1.82) is 0 Å². The van der Waals surface area contributed by atoms with Crippen LogP contribution >= 0.6 is 0 Å². The number of carbonyl (C=O) groups is 4. The first-order valence-corrected chi connectivity index (χ1v) is 45.2. The summed E-state index contributed by atoms with van der Waals surface area (Å²) >= 11 is 0. The number of benzene rings is 14. The molecule has 7 unspecified atom stereocenters. The Kier molecular flexibility index (Phi) is 30.7. The fraction of sp³-hybridized carbons (Fsp3) is 0.214. The molecule has 4 aliphatic heterocycles. The molecule has 0 bridgehead atoms. The SMILES string of the molecule is O=C1CC(CCC(O)c2ccc(F)cc2)C(c2ccc(-c3cccc(O)c3)cc2O)N1c1ccccc1.O=C1CC(CCC(O)c2ccc(F)cc2)C(c2ccc(O)cc2O)N1c1ccccc1.O=C1C[C@@H](CCC(O)c2ccc(F)cc2)[C@@H](c2ccc(-c3cccc(O)c3)cc2O)N1c1ccccc1.O=C1C[C@@H](CC[C@H](O)c2ccc(F)cc2)[C@@H](c2ccc(O)cc2O)N1c1ccccc1. The minimum absolute atomic E-state index is 0.0473. The molecule has 136 heavy (non-hydrogen) atoms. The monoisotopic (exact) mass is 1840 g/mol. The van der Waals surface area contributed by atoms with E-state index >= 15 is 0 Å². The molecule has 0 radical (unpaired) electrons. The Morgan fingerprint density at radius 1 is 0.235 bits per heavy atom. The van der Waals surface area contributed by atoms with Crippen molar-refractivity contribution in [3.05, 3.63) is 407 Å². The van der Waals surface area contributed by atoms with Gasteiger partial charge in [-0.25, -0.2) is 17.6 Å². The number of phenols is 8. The zero-order valence-electron chi connectivity index (χ0n) is 74.0. The number of halogens is 4. The van der Waals surface area contributed by atoms with Gasteiger partial charge in [0.25, 0.3) is 0 Å². The van der Waals surface area contributed by atoms with Gasteiger partial charge < -0.3 is 80.9 Å². The first-order chi connectivity index (χ1) is 65.7. The van der Waals surface area contributed by atoms with Crippen LogP contribution < -0.4 is 19.6 Å². The molecule has 4 fully saturated rings. The third-order valence-electron chi connectivity index (χ3n) is 25.8. The predicted octanol–water partition coefficient (Wildman–Crippen LogP) is 22.7. The van der Waals surface area contributed by atoms with Crippen LogP contribution in [0, 0.1) is 46.9 Å². The fourth-order valence-corrected chi connectivity index (χ4v) is 19.2. The van der Waals surface area contributed by atoms with Crippen LogP contribution in [0.4, 0.5) is 40.3 Å². The highest BCUT2D eigenvalue weighted by atomic mass is 19.1. The molecule has 20 nitrogen and oxygen atoms in total. The lowest BCUT2D eigenvalue weighted by atomic mass is 9.86. The number of aromatic hydroxyl groups is 8. The van der Waals surface area contributed by atoms with E-state index in [4.69, 9.17) is 0 Å². The van der Waals surface area contributed by atoms with E-state index in [9.17, 15) is 98.0 Å². The molecule has 14 aromatic carbocycles. The molecule has 12 N–H and O–H groups in total. The average molecular weight is 1840 g/mol. The third-order valence-corrected chi connectivity index (χ3v) is 25.8. The van der Waals surface area contributed by atoms with E-state index in [2.05, 4.69) is 0 Å². The highest BCUT2D eigenvalue weighted by Crippen LogP contribution is 2.53. The number of nitrogens with zero attached hydrogens (tertiary/aromatic N) is 4. The smallest absolute Gasteiger partial charge is 0.227 e. The fourth-order valence-electron chi connectivity index (χ4n) is 19.2. The average Bonchev–Trinajstić information content (AvgIpc) is 1.61. The minimum Gasteiger partial charge on any atom is -0.508 e. The Morgan fingerprint density at radius 3 is 0.669 bits per heavy atom. The minimum atomic E-state index is -0.788. The molecular formula is C112H104F4N4O16. The normalized spacial score (nSPS) is 18.8. The van der Waals surface area contributed by atoms with E-state index in [0.29, 0.717) is 95.9 Å².